The minimum atomic E-state index is -4.18. The van der Waals surface area contributed by atoms with Crippen molar-refractivity contribution < 1.29 is 22.9 Å². The summed E-state index contributed by atoms with van der Waals surface area (Å²) < 4.78 is 32.8. The average Bonchev–Trinajstić information content (AvgIpc) is 3.45. The van der Waals surface area contributed by atoms with Crippen molar-refractivity contribution in [3.05, 3.63) is 58.1 Å². The van der Waals surface area contributed by atoms with Crippen LogP contribution in [0.15, 0.2) is 47.4 Å². The zero-order valence-electron chi connectivity index (χ0n) is 14.3. The van der Waals surface area contributed by atoms with Gasteiger partial charge in [0.2, 0.25) is 0 Å². The van der Waals surface area contributed by atoms with Crippen LogP contribution in [0.25, 0.3) is 0 Å². The van der Waals surface area contributed by atoms with Gasteiger partial charge in [-0.2, -0.15) is 0 Å². The lowest BCUT2D eigenvalue weighted by molar-refractivity contribution is -0.385. The standard InChI is InChI=1S/C17H17N3O6S/c1-26-15-8-7-14(20(22)23)10-16(15)27(24,25)19-13-4-2-3-11(9-13)17(21)18-12-5-6-12/h2-4,7-10,12,19H,5-6H2,1H3,(H,18,21). The Morgan fingerprint density at radius 3 is 2.59 bits per heavy atom. The molecular formula is C17H17N3O6S. The summed E-state index contributed by atoms with van der Waals surface area (Å²) in [6, 6.07) is 9.46. The average molecular weight is 391 g/mol. The summed E-state index contributed by atoms with van der Waals surface area (Å²) in [5.41, 5.74) is 0.0915. The first kappa shape index (κ1) is 18.6. The summed E-state index contributed by atoms with van der Waals surface area (Å²) in [6.07, 6.45) is 1.87. The van der Waals surface area contributed by atoms with E-state index in [9.17, 15) is 23.3 Å². The molecule has 0 unspecified atom stereocenters. The smallest absolute Gasteiger partial charge is 0.271 e. The lowest BCUT2D eigenvalue weighted by Crippen LogP contribution is -2.25. The second-order valence-corrected chi connectivity index (χ2v) is 7.68. The number of hydrogen-bond donors (Lipinski definition) is 2. The first-order chi connectivity index (χ1) is 12.8. The van der Waals surface area contributed by atoms with E-state index in [-0.39, 0.29) is 34.0 Å². The quantitative estimate of drug-likeness (QED) is 0.551. The predicted molar refractivity (Wildman–Crippen MR) is 97.4 cm³/mol. The lowest BCUT2D eigenvalue weighted by atomic mass is 10.2. The molecule has 10 heteroatoms. The maximum Gasteiger partial charge on any atom is 0.271 e. The fourth-order valence-electron chi connectivity index (χ4n) is 2.42. The van der Waals surface area contributed by atoms with Crippen molar-refractivity contribution in [1.82, 2.24) is 5.32 Å². The maximum atomic E-state index is 12.7. The van der Waals surface area contributed by atoms with Gasteiger partial charge in [0.05, 0.1) is 12.0 Å². The van der Waals surface area contributed by atoms with Crippen LogP contribution >= 0.6 is 0 Å². The number of rotatable bonds is 7. The monoisotopic (exact) mass is 391 g/mol. The van der Waals surface area contributed by atoms with Crippen molar-refractivity contribution in [3.63, 3.8) is 0 Å². The third-order valence-corrected chi connectivity index (χ3v) is 5.34. The number of methoxy groups -OCH3 is 1. The fourth-order valence-corrected chi connectivity index (χ4v) is 3.66. The van der Waals surface area contributed by atoms with Gasteiger partial charge in [-0.3, -0.25) is 19.6 Å². The number of carbonyl (C=O) groups excluding carboxylic acids is 1. The van der Waals surface area contributed by atoms with Gasteiger partial charge < -0.3 is 10.1 Å². The number of nitro benzene ring substituents is 1. The van der Waals surface area contributed by atoms with Crippen LogP contribution in [0.5, 0.6) is 5.75 Å². The molecule has 142 valence electrons. The van der Waals surface area contributed by atoms with Gasteiger partial charge in [-0.05, 0) is 37.1 Å². The van der Waals surface area contributed by atoms with Gasteiger partial charge in [0.15, 0.2) is 0 Å². The van der Waals surface area contributed by atoms with Gasteiger partial charge >= 0.3 is 0 Å². The van der Waals surface area contributed by atoms with Crippen molar-refractivity contribution >= 4 is 27.3 Å². The van der Waals surface area contributed by atoms with E-state index in [1.165, 1.54) is 25.3 Å². The van der Waals surface area contributed by atoms with Crippen molar-refractivity contribution in [3.8, 4) is 5.75 Å². The Balaban J connectivity index is 1.89. The minimum Gasteiger partial charge on any atom is -0.495 e. The molecule has 0 saturated heterocycles. The first-order valence-electron chi connectivity index (χ1n) is 8.06. The van der Waals surface area contributed by atoms with Crippen LogP contribution in [0.3, 0.4) is 0 Å². The van der Waals surface area contributed by atoms with Crippen molar-refractivity contribution in [2.45, 2.75) is 23.8 Å². The SMILES string of the molecule is COc1ccc([N+](=O)[O-])cc1S(=O)(=O)Nc1cccc(C(=O)NC2CC2)c1. The molecule has 2 aromatic rings. The molecule has 1 aliphatic rings. The first-order valence-corrected chi connectivity index (χ1v) is 9.54. The summed E-state index contributed by atoms with van der Waals surface area (Å²) in [4.78, 5) is 22.0. The van der Waals surface area contributed by atoms with E-state index in [2.05, 4.69) is 10.0 Å². The van der Waals surface area contributed by atoms with Crippen LogP contribution in [-0.2, 0) is 10.0 Å². The van der Waals surface area contributed by atoms with Gasteiger partial charge in [-0.25, -0.2) is 8.42 Å². The molecule has 0 heterocycles. The number of sulfonamides is 1. The molecule has 0 bridgehead atoms. The maximum absolute atomic E-state index is 12.7. The number of nitrogens with zero attached hydrogens (tertiary/aromatic N) is 1. The summed E-state index contributed by atoms with van der Waals surface area (Å²) in [5, 5.41) is 13.8. The normalized spacial score (nSPS) is 13.7. The van der Waals surface area contributed by atoms with Gasteiger partial charge in [0, 0.05) is 29.4 Å². The van der Waals surface area contributed by atoms with Crippen LogP contribution in [0.1, 0.15) is 23.2 Å². The van der Waals surface area contributed by atoms with Gasteiger partial charge in [0.25, 0.3) is 21.6 Å². The fraction of sp³-hybridized carbons (Fsp3) is 0.235. The van der Waals surface area contributed by atoms with Crippen LogP contribution in [0.2, 0.25) is 0 Å². The number of non-ortho nitro benzene ring substituents is 1. The molecule has 9 nitrogen and oxygen atoms in total. The van der Waals surface area contributed by atoms with Crippen LogP contribution in [0.4, 0.5) is 11.4 Å². The molecule has 1 saturated carbocycles. The number of hydrogen-bond acceptors (Lipinski definition) is 6. The molecule has 0 radical (unpaired) electrons. The number of ether oxygens (including phenoxy) is 1. The second-order valence-electron chi connectivity index (χ2n) is 6.03. The molecule has 3 rings (SSSR count). The Kier molecular flexibility index (Phi) is 5.00. The van der Waals surface area contributed by atoms with Crippen LogP contribution in [0, 0.1) is 10.1 Å². The number of anilines is 1. The second kappa shape index (κ2) is 7.23. The zero-order valence-corrected chi connectivity index (χ0v) is 15.2. The minimum absolute atomic E-state index is 0.0317. The molecule has 1 fully saturated rings. The zero-order chi connectivity index (χ0) is 19.6. The van der Waals surface area contributed by atoms with E-state index in [0.717, 1.165) is 25.0 Å². The van der Waals surface area contributed by atoms with Crippen molar-refractivity contribution in [2.75, 3.05) is 11.8 Å². The molecule has 27 heavy (non-hydrogen) atoms. The van der Waals surface area contributed by atoms with Gasteiger partial charge in [-0.1, -0.05) is 6.07 Å². The third kappa shape index (κ3) is 4.34. The van der Waals surface area contributed by atoms with Crippen molar-refractivity contribution in [1.29, 1.82) is 0 Å². The number of amides is 1. The summed E-state index contributed by atoms with van der Waals surface area (Å²) in [6.45, 7) is 0. The molecule has 0 aromatic heterocycles. The number of nitrogens with one attached hydrogen (secondary N) is 2. The van der Waals surface area contributed by atoms with E-state index in [1.54, 1.807) is 12.1 Å². The van der Waals surface area contributed by atoms with E-state index in [4.69, 9.17) is 4.74 Å². The molecule has 2 N–H and O–H groups in total. The lowest BCUT2D eigenvalue weighted by Gasteiger charge is -2.12. The predicted octanol–water partition coefficient (Wildman–Crippen LogP) is 2.30. The van der Waals surface area contributed by atoms with Crippen molar-refractivity contribution in [2.24, 2.45) is 0 Å². The highest BCUT2D eigenvalue weighted by Gasteiger charge is 2.25. The number of benzene rings is 2. The molecule has 0 aliphatic heterocycles. The summed E-state index contributed by atoms with van der Waals surface area (Å²) in [7, 11) is -2.91. The summed E-state index contributed by atoms with van der Waals surface area (Å²) in [5.74, 6) is -0.317. The highest BCUT2D eigenvalue weighted by atomic mass is 32.2. The molecule has 1 amide bonds. The Morgan fingerprint density at radius 1 is 1.22 bits per heavy atom. The molecular weight excluding hydrogens is 374 g/mol. The number of nitro groups is 1. The highest BCUT2D eigenvalue weighted by molar-refractivity contribution is 7.92. The molecule has 0 atom stereocenters. The van der Waals surface area contributed by atoms with E-state index in [0.29, 0.717) is 5.56 Å². The highest BCUT2D eigenvalue weighted by Crippen LogP contribution is 2.30. The Bertz CT molecular complexity index is 1000. The van der Waals surface area contributed by atoms with Gasteiger partial charge in [0.1, 0.15) is 10.6 Å². The van der Waals surface area contributed by atoms with E-state index in [1.807, 2.05) is 0 Å². The Morgan fingerprint density at radius 2 is 1.96 bits per heavy atom. The topological polar surface area (TPSA) is 128 Å². The Hall–Kier alpha value is -3.14. The van der Waals surface area contributed by atoms with Gasteiger partial charge in [-0.15, -0.1) is 0 Å². The molecule has 0 spiro atoms. The van der Waals surface area contributed by atoms with E-state index < -0.39 is 14.9 Å². The Labute approximate surface area is 155 Å². The van der Waals surface area contributed by atoms with E-state index >= 15 is 0 Å². The number of carbonyl (C=O) groups is 1. The van der Waals surface area contributed by atoms with Crippen LogP contribution < -0.4 is 14.8 Å². The molecule has 2 aromatic carbocycles. The molecule has 1 aliphatic carbocycles. The summed E-state index contributed by atoms with van der Waals surface area (Å²) >= 11 is 0. The van der Waals surface area contributed by atoms with Crippen LogP contribution in [-0.4, -0.2) is 32.4 Å². The third-order valence-electron chi connectivity index (χ3n) is 3.94. The largest absolute Gasteiger partial charge is 0.495 e.